The van der Waals surface area contributed by atoms with Crippen LogP contribution >= 0.6 is 0 Å². The van der Waals surface area contributed by atoms with Gasteiger partial charge in [0, 0.05) is 12.8 Å². The van der Waals surface area contributed by atoms with Crippen molar-refractivity contribution in [2.24, 2.45) is 0 Å². The molecule has 0 radical (unpaired) electrons. The van der Waals surface area contributed by atoms with E-state index in [2.05, 4.69) is 32.0 Å². The topological polar surface area (TPSA) is 20.2 Å². The SMILES string of the molecule is CCc1cccc2c1CC(O)(CC)C2. The van der Waals surface area contributed by atoms with Crippen LogP contribution in [-0.4, -0.2) is 10.7 Å². The molecule has 0 saturated carbocycles. The summed E-state index contributed by atoms with van der Waals surface area (Å²) < 4.78 is 0. The van der Waals surface area contributed by atoms with E-state index >= 15 is 0 Å². The van der Waals surface area contributed by atoms with Crippen molar-refractivity contribution in [1.82, 2.24) is 0 Å². The smallest absolute Gasteiger partial charge is 0.0725 e. The van der Waals surface area contributed by atoms with Crippen LogP contribution in [0.5, 0.6) is 0 Å². The minimum atomic E-state index is -0.465. The molecule has 0 aromatic heterocycles. The summed E-state index contributed by atoms with van der Waals surface area (Å²) in [6.45, 7) is 4.25. The van der Waals surface area contributed by atoms with Crippen LogP contribution < -0.4 is 0 Å². The molecule has 0 amide bonds. The number of rotatable bonds is 2. The van der Waals surface area contributed by atoms with Crippen LogP contribution in [0.4, 0.5) is 0 Å². The fourth-order valence-corrected chi connectivity index (χ4v) is 2.41. The molecule has 2 rings (SSSR count). The maximum atomic E-state index is 10.2. The molecule has 0 saturated heterocycles. The molecular formula is C13H18O. The molecule has 76 valence electrons. The lowest BCUT2D eigenvalue weighted by Crippen LogP contribution is -2.27. The number of fused-ring (bicyclic) bond motifs is 1. The van der Waals surface area contributed by atoms with E-state index in [1.165, 1.54) is 16.7 Å². The van der Waals surface area contributed by atoms with Gasteiger partial charge in [0.1, 0.15) is 0 Å². The van der Waals surface area contributed by atoms with Crippen molar-refractivity contribution in [2.75, 3.05) is 0 Å². The normalized spacial score (nSPS) is 25.1. The number of hydrogen-bond acceptors (Lipinski definition) is 1. The zero-order valence-electron chi connectivity index (χ0n) is 9.01. The van der Waals surface area contributed by atoms with Crippen LogP contribution in [0.2, 0.25) is 0 Å². The highest BCUT2D eigenvalue weighted by molar-refractivity contribution is 5.41. The third-order valence-electron chi connectivity index (χ3n) is 3.43. The lowest BCUT2D eigenvalue weighted by atomic mass is 9.96. The van der Waals surface area contributed by atoms with Gasteiger partial charge < -0.3 is 5.11 Å². The molecule has 1 aromatic carbocycles. The molecular weight excluding hydrogens is 172 g/mol. The van der Waals surface area contributed by atoms with Gasteiger partial charge in [0.25, 0.3) is 0 Å². The van der Waals surface area contributed by atoms with Crippen molar-refractivity contribution in [3.05, 3.63) is 34.9 Å². The predicted octanol–water partition coefficient (Wildman–Crippen LogP) is 2.49. The molecule has 1 unspecified atom stereocenters. The van der Waals surface area contributed by atoms with E-state index in [0.29, 0.717) is 0 Å². The minimum Gasteiger partial charge on any atom is -0.389 e. The summed E-state index contributed by atoms with van der Waals surface area (Å²) in [5.41, 5.74) is 3.70. The maximum absolute atomic E-state index is 10.2. The largest absolute Gasteiger partial charge is 0.389 e. The van der Waals surface area contributed by atoms with Gasteiger partial charge in [-0.3, -0.25) is 0 Å². The molecule has 0 bridgehead atoms. The molecule has 14 heavy (non-hydrogen) atoms. The van der Waals surface area contributed by atoms with Crippen molar-refractivity contribution in [3.63, 3.8) is 0 Å². The molecule has 1 N–H and O–H groups in total. The second kappa shape index (κ2) is 3.39. The minimum absolute atomic E-state index is 0.465. The van der Waals surface area contributed by atoms with Gasteiger partial charge in [0.2, 0.25) is 0 Å². The summed E-state index contributed by atoms with van der Waals surface area (Å²) in [6, 6.07) is 6.45. The second-order valence-corrected chi connectivity index (χ2v) is 4.34. The number of hydrogen-bond donors (Lipinski definition) is 1. The Morgan fingerprint density at radius 1 is 1.29 bits per heavy atom. The molecule has 1 aromatic rings. The Morgan fingerprint density at radius 3 is 2.71 bits per heavy atom. The van der Waals surface area contributed by atoms with Gasteiger partial charge >= 0.3 is 0 Å². The van der Waals surface area contributed by atoms with E-state index in [9.17, 15) is 5.11 Å². The fourth-order valence-electron chi connectivity index (χ4n) is 2.41. The molecule has 0 spiro atoms. The highest BCUT2D eigenvalue weighted by Gasteiger charge is 2.34. The molecule has 1 atom stereocenters. The standard InChI is InChI=1S/C13H18O/c1-3-10-6-5-7-11-8-13(14,4-2)9-12(10)11/h5-7,14H,3-4,8-9H2,1-2H3. The first-order valence-electron chi connectivity index (χ1n) is 5.50. The quantitative estimate of drug-likeness (QED) is 0.759. The Morgan fingerprint density at radius 2 is 2.07 bits per heavy atom. The zero-order chi connectivity index (χ0) is 10.2. The van der Waals surface area contributed by atoms with Gasteiger partial charge in [-0.05, 0) is 29.5 Å². The molecule has 0 heterocycles. The number of aliphatic hydroxyl groups is 1. The third kappa shape index (κ3) is 1.46. The van der Waals surface area contributed by atoms with Crippen LogP contribution in [0.3, 0.4) is 0 Å². The van der Waals surface area contributed by atoms with E-state index in [4.69, 9.17) is 0 Å². The van der Waals surface area contributed by atoms with Gasteiger partial charge in [0.15, 0.2) is 0 Å². The highest BCUT2D eigenvalue weighted by Crippen LogP contribution is 2.34. The van der Waals surface area contributed by atoms with Gasteiger partial charge in [0.05, 0.1) is 5.60 Å². The molecule has 1 heteroatoms. The van der Waals surface area contributed by atoms with Crippen molar-refractivity contribution >= 4 is 0 Å². The summed E-state index contributed by atoms with van der Waals surface area (Å²) in [5, 5.41) is 10.2. The Hall–Kier alpha value is -0.820. The van der Waals surface area contributed by atoms with Crippen molar-refractivity contribution in [3.8, 4) is 0 Å². The Bertz CT molecular complexity index is 343. The van der Waals surface area contributed by atoms with Gasteiger partial charge in [-0.25, -0.2) is 0 Å². The molecule has 0 aliphatic heterocycles. The van der Waals surface area contributed by atoms with Crippen LogP contribution in [0.1, 0.15) is 37.0 Å². The van der Waals surface area contributed by atoms with E-state index < -0.39 is 5.60 Å². The van der Waals surface area contributed by atoms with Crippen LogP contribution in [0.15, 0.2) is 18.2 Å². The van der Waals surface area contributed by atoms with Gasteiger partial charge in [-0.1, -0.05) is 32.0 Å². The van der Waals surface area contributed by atoms with Crippen LogP contribution in [0, 0.1) is 0 Å². The Labute approximate surface area is 85.8 Å². The van der Waals surface area contributed by atoms with Gasteiger partial charge in [-0.15, -0.1) is 0 Å². The first kappa shape index (κ1) is 9.72. The first-order chi connectivity index (χ1) is 6.68. The van der Waals surface area contributed by atoms with E-state index in [0.717, 1.165) is 25.7 Å². The fraction of sp³-hybridized carbons (Fsp3) is 0.538. The number of aryl methyl sites for hydroxylation is 1. The summed E-state index contributed by atoms with van der Waals surface area (Å²) >= 11 is 0. The van der Waals surface area contributed by atoms with Crippen LogP contribution in [0.25, 0.3) is 0 Å². The molecule has 1 nitrogen and oxygen atoms in total. The lowest BCUT2D eigenvalue weighted by molar-refractivity contribution is 0.0474. The average molecular weight is 190 g/mol. The van der Waals surface area contributed by atoms with E-state index in [-0.39, 0.29) is 0 Å². The number of benzene rings is 1. The Balaban J connectivity index is 2.39. The van der Waals surface area contributed by atoms with E-state index in [1.807, 2.05) is 0 Å². The Kier molecular flexibility index (Phi) is 2.36. The highest BCUT2D eigenvalue weighted by atomic mass is 16.3. The molecule has 1 aliphatic rings. The van der Waals surface area contributed by atoms with E-state index in [1.54, 1.807) is 0 Å². The molecule has 0 fully saturated rings. The molecule has 1 aliphatic carbocycles. The summed E-state index contributed by atoms with van der Waals surface area (Å²) in [4.78, 5) is 0. The summed E-state index contributed by atoms with van der Waals surface area (Å²) in [5.74, 6) is 0. The zero-order valence-corrected chi connectivity index (χ0v) is 9.01. The second-order valence-electron chi connectivity index (χ2n) is 4.34. The lowest BCUT2D eigenvalue weighted by Gasteiger charge is -2.19. The maximum Gasteiger partial charge on any atom is 0.0725 e. The monoisotopic (exact) mass is 190 g/mol. The predicted molar refractivity (Wildman–Crippen MR) is 58.5 cm³/mol. The third-order valence-corrected chi connectivity index (χ3v) is 3.43. The average Bonchev–Trinajstić information content (AvgIpc) is 2.54. The van der Waals surface area contributed by atoms with Crippen molar-refractivity contribution < 1.29 is 5.11 Å². The first-order valence-corrected chi connectivity index (χ1v) is 5.50. The van der Waals surface area contributed by atoms with Crippen LogP contribution in [-0.2, 0) is 19.3 Å². The van der Waals surface area contributed by atoms with Gasteiger partial charge in [-0.2, -0.15) is 0 Å². The van der Waals surface area contributed by atoms with Crippen molar-refractivity contribution in [1.29, 1.82) is 0 Å². The summed E-state index contributed by atoms with van der Waals surface area (Å²) in [7, 11) is 0. The summed E-state index contributed by atoms with van der Waals surface area (Å²) in [6.07, 6.45) is 3.61. The van der Waals surface area contributed by atoms with Crippen molar-refractivity contribution in [2.45, 2.75) is 45.1 Å².